The molecule has 2 N–H and O–H groups in total. The van der Waals surface area contributed by atoms with Crippen molar-refractivity contribution in [2.75, 3.05) is 17.7 Å². The van der Waals surface area contributed by atoms with Crippen molar-refractivity contribution < 1.29 is 0 Å². The van der Waals surface area contributed by atoms with E-state index in [2.05, 4.69) is 32.5 Å². The first-order valence-corrected chi connectivity index (χ1v) is 6.92. The topological polar surface area (TPSA) is 62.7 Å². The molecule has 0 fully saturated rings. The van der Waals surface area contributed by atoms with Crippen LogP contribution in [0.2, 0.25) is 0 Å². The predicted molar refractivity (Wildman–Crippen MR) is 81.9 cm³/mol. The van der Waals surface area contributed by atoms with Crippen LogP contribution in [0.15, 0.2) is 24.5 Å². The Kier molecular flexibility index (Phi) is 4.87. The van der Waals surface area contributed by atoms with Gasteiger partial charge in [-0.15, -0.1) is 0 Å². The molecule has 5 nitrogen and oxygen atoms in total. The van der Waals surface area contributed by atoms with Gasteiger partial charge in [0.25, 0.3) is 0 Å². The lowest BCUT2D eigenvalue weighted by molar-refractivity contribution is 0.895. The second kappa shape index (κ2) is 6.84. The average molecular weight is 271 g/mol. The lowest BCUT2D eigenvalue weighted by atomic mass is 10.1. The molecule has 2 aromatic rings. The molecule has 2 aromatic heterocycles. The summed E-state index contributed by atoms with van der Waals surface area (Å²) < 4.78 is 0. The third-order valence-corrected chi connectivity index (χ3v) is 3.07. The number of aromatic nitrogens is 3. The fraction of sp³-hybridized carbons (Fsp3) is 0.400. The number of hydrogen-bond donors (Lipinski definition) is 2. The Balaban J connectivity index is 2.16. The summed E-state index contributed by atoms with van der Waals surface area (Å²) in [4.78, 5) is 13.1. The molecule has 0 amide bonds. The molecule has 106 valence electrons. The Hall–Kier alpha value is -2.17. The number of pyridine rings is 1. The van der Waals surface area contributed by atoms with Gasteiger partial charge in [-0.05, 0) is 25.5 Å². The maximum Gasteiger partial charge on any atom is 0.135 e. The molecule has 0 saturated carbocycles. The second-order valence-electron chi connectivity index (χ2n) is 4.67. The van der Waals surface area contributed by atoms with Crippen LogP contribution in [0.3, 0.4) is 0 Å². The van der Waals surface area contributed by atoms with Gasteiger partial charge in [0, 0.05) is 18.3 Å². The van der Waals surface area contributed by atoms with Crippen molar-refractivity contribution in [3.8, 4) is 0 Å². The third kappa shape index (κ3) is 3.44. The van der Waals surface area contributed by atoms with Crippen LogP contribution in [-0.2, 0) is 13.0 Å². The van der Waals surface area contributed by atoms with Gasteiger partial charge in [-0.3, -0.25) is 4.98 Å². The molecule has 0 radical (unpaired) electrons. The van der Waals surface area contributed by atoms with Gasteiger partial charge < -0.3 is 10.6 Å². The lowest BCUT2D eigenvalue weighted by Gasteiger charge is -2.13. The van der Waals surface area contributed by atoms with Crippen LogP contribution >= 0.6 is 0 Å². The molecule has 0 unspecified atom stereocenters. The highest BCUT2D eigenvalue weighted by Gasteiger charge is 2.09. The smallest absolute Gasteiger partial charge is 0.135 e. The van der Waals surface area contributed by atoms with Crippen molar-refractivity contribution >= 4 is 11.6 Å². The molecule has 0 aliphatic heterocycles. The van der Waals surface area contributed by atoms with Crippen LogP contribution in [0.4, 0.5) is 11.6 Å². The summed E-state index contributed by atoms with van der Waals surface area (Å²) in [5, 5.41) is 6.48. The Morgan fingerprint density at radius 1 is 1.15 bits per heavy atom. The van der Waals surface area contributed by atoms with E-state index >= 15 is 0 Å². The Bertz CT molecular complexity index is 568. The van der Waals surface area contributed by atoms with Crippen molar-refractivity contribution in [1.29, 1.82) is 0 Å². The van der Waals surface area contributed by atoms with Gasteiger partial charge in [0.2, 0.25) is 0 Å². The quantitative estimate of drug-likeness (QED) is 0.846. The summed E-state index contributed by atoms with van der Waals surface area (Å²) in [6.07, 6.45) is 3.58. The molecule has 0 aliphatic carbocycles. The van der Waals surface area contributed by atoms with Crippen LogP contribution in [0, 0.1) is 6.92 Å². The minimum Gasteiger partial charge on any atom is -0.373 e. The maximum absolute atomic E-state index is 4.48. The third-order valence-electron chi connectivity index (χ3n) is 3.07. The molecule has 0 atom stereocenters. The minimum absolute atomic E-state index is 0.665. The lowest BCUT2D eigenvalue weighted by Crippen LogP contribution is -2.09. The van der Waals surface area contributed by atoms with E-state index in [1.54, 1.807) is 6.33 Å². The summed E-state index contributed by atoms with van der Waals surface area (Å²) in [5.74, 6) is 1.77. The minimum atomic E-state index is 0.665. The van der Waals surface area contributed by atoms with Crippen molar-refractivity contribution in [1.82, 2.24) is 15.0 Å². The van der Waals surface area contributed by atoms with Crippen molar-refractivity contribution in [3.63, 3.8) is 0 Å². The van der Waals surface area contributed by atoms with E-state index in [1.807, 2.05) is 32.2 Å². The van der Waals surface area contributed by atoms with E-state index in [-0.39, 0.29) is 0 Å². The predicted octanol–water partition coefficient (Wildman–Crippen LogP) is 2.79. The molecule has 2 rings (SSSR count). The zero-order chi connectivity index (χ0) is 14.4. The van der Waals surface area contributed by atoms with Gasteiger partial charge in [-0.25, -0.2) is 9.97 Å². The number of aryl methyl sites for hydroxylation is 1. The van der Waals surface area contributed by atoms with E-state index in [0.717, 1.165) is 41.4 Å². The van der Waals surface area contributed by atoms with Gasteiger partial charge in [0.05, 0.1) is 12.2 Å². The summed E-state index contributed by atoms with van der Waals surface area (Å²) in [7, 11) is 1.88. The van der Waals surface area contributed by atoms with E-state index in [9.17, 15) is 0 Å². The first-order chi connectivity index (χ1) is 9.74. The van der Waals surface area contributed by atoms with Gasteiger partial charge in [0.15, 0.2) is 0 Å². The summed E-state index contributed by atoms with van der Waals surface area (Å²) in [6, 6.07) is 6.03. The molecule has 0 aromatic carbocycles. The molecule has 5 heteroatoms. The summed E-state index contributed by atoms with van der Waals surface area (Å²) >= 11 is 0. The van der Waals surface area contributed by atoms with Crippen LogP contribution in [0.1, 0.15) is 30.3 Å². The standard InChI is InChI=1S/C15H21N5/c1-4-6-13-14(16-3)18-10-19-15(13)17-9-12-8-5-7-11(2)20-12/h5,7-8,10H,4,6,9H2,1-3H3,(H2,16,17,18,19). The monoisotopic (exact) mass is 271 g/mol. The van der Waals surface area contributed by atoms with Crippen molar-refractivity contribution in [2.45, 2.75) is 33.2 Å². The molecule has 0 saturated heterocycles. The fourth-order valence-electron chi connectivity index (χ4n) is 2.14. The van der Waals surface area contributed by atoms with Crippen LogP contribution in [0.5, 0.6) is 0 Å². The summed E-state index contributed by atoms with van der Waals surface area (Å²) in [6.45, 7) is 4.81. The largest absolute Gasteiger partial charge is 0.373 e. The Labute approximate surface area is 119 Å². The highest BCUT2D eigenvalue weighted by molar-refractivity contribution is 5.57. The van der Waals surface area contributed by atoms with E-state index in [0.29, 0.717) is 6.54 Å². The van der Waals surface area contributed by atoms with E-state index in [1.165, 1.54) is 0 Å². The van der Waals surface area contributed by atoms with Crippen molar-refractivity contribution in [3.05, 3.63) is 41.5 Å². The van der Waals surface area contributed by atoms with Crippen LogP contribution in [-0.4, -0.2) is 22.0 Å². The summed E-state index contributed by atoms with van der Waals surface area (Å²) in [5.41, 5.74) is 3.17. The number of nitrogens with one attached hydrogen (secondary N) is 2. The van der Waals surface area contributed by atoms with Gasteiger partial charge in [0.1, 0.15) is 18.0 Å². The zero-order valence-corrected chi connectivity index (χ0v) is 12.3. The SMILES string of the molecule is CCCc1c(NC)ncnc1NCc1cccc(C)n1. The number of nitrogens with zero attached hydrogens (tertiary/aromatic N) is 3. The van der Waals surface area contributed by atoms with Gasteiger partial charge in [-0.2, -0.15) is 0 Å². The number of hydrogen-bond acceptors (Lipinski definition) is 5. The molecule has 0 aliphatic rings. The molecule has 2 heterocycles. The maximum atomic E-state index is 4.48. The van der Waals surface area contributed by atoms with E-state index in [4.69, 9.17) is 0 Å². The molecule has 20 heavy (non-hydrogen) atoms. The van der Waals surface area contributed by atoms with Gasteiger partial charge in [-0.1, -0.05) is 19.4 Å². The second-order valence-corrected chi connectivity index (χ2v) is 4.67. The Morgan fingerprint density at radius 2 is 1.95 bits per heavy atom. The number of anilines is 2. The van der Waals surface area contributed by atoms with Crippen molar-refractivity contribution in [2.24, 2.45) is 0 Å². The first-order valence-electron chi connectivity index (χ1n) is 6.92. The average Bonchev–Trinajstić information content (AvgIpc) is 2.46. The first kappa shape index (κ1) is 14.2. The molecular formula is C15H21N5. The number of rotatable bonds is 6. The highest BCUT2D eigenvalue weighted by Crippen LogP contribution is 2.21. The molecule has 0 bridgehead atoms. The molecule has 0 spiro atoms. The van der Waals surface area contributed by atoms with E-state index < -0.39 is 0 Å². The van der Waals surface area contributed by atoms with Crippen LogP contribution < -0.4 is 10.6 Å². The van der Waals surface area contributed by atoms with Crippen LogP contribution in [0.25, 0.3) is 0 Å². The Morgan fingerprint density at radius 3 is 2.65 bits per heavy atom. The zero-order valence-electron chi connectivity index (χ0n) is 12.3. The molecular weight excluding hydrogens is 250 g/mol. The fourth-order valence-corrected chi connectivity index (χ4v) is 2.14. The highest BCUT2D eigenvalue weighted by atomic mass is 15.1. The van der Waals surface area contributed by atoms with Gasteiger partial charge >= 0.3 is 0 Å². The normalized spacial score (nSPS) is 10.3.